The Kier molecular flexibility index (Phi) is 2.56. The minimum atomic E-state index is -0.131. The van der Waals surface area contributed by atoms with Gasteiger partial charge in [-0.15, -0.1) is 0 Å². The molecule has 1 heterocycles. The number of aromatic amines is 1. The second kappa shape index (κ2) is 3.89. The minimum Gasteiger partial charge on any atom is -0.497 e. The summed E-state index contributed by atoms with van der Waals surface area (Å²) in [5, 5.41) is 0.927. The van der Waals surface area contributed by atoms with Crippen LogP contribution in [0, 0.1) is 6.92 Å². The number of nitrogens with one attached hydrogen (secondary N) is 1. The average molecular weight is 219 g/mol. The Balaban J connectivity index is 2.89. The van der Waals surface area contributed by atoms with Crippen molar-refractivity contribution in [1.82, 2.24) is 4.98 Å². The third-order valence-corrected chi connectivity index (χ3v) is 2.55. The van der Waals surface area contributed by atoms with Crippen molar-refractivity contribution in [3.05, 3.63) is 34.1 Å². The van der Waals surface area contributed by atoms with Crippen molar-refractivity contribution in [2.45, 2.75) is 6.92 Å². The number of pyridine rings is 1. The van der Waals surface area contributed by atoms with E-state index in [1.54, 1.807) is 26.4 Å². The van der Waals surface area contributed by atoms with E-state index in [2.05, 4.69) is 4.98 Å². The van der Waals surface area contributed by atoms with Crippen LogP contribution in [-0.2, 0) is 0 Å². The van der Waals surface area contributed by atoms with Crippen molar-refractivity contribution >= 4 is 10.9 Å². The number of ether oxygens (including phenoxy) is 2. The highest BCUT2D eigenvalue weighted by atomic mass is 16.5. The van der Waals surface area contributed by atoms with Gasteiger partial charge in [-0.25, -0.2) is 0 Å². The average Bonchev–Trinajstić information content (AvgIpc) is 2.28. The summed E-state index contributed by atoms with van der Waals surface area (Å²) in [6.07, 6.45) is 0. The van der Waals surface area contributed by atoms with Crippen molar-refractivity contribution in [2.24, 2.45) is 0 Å². The van der Waals surface area contributed by atoms with Gasteiger partial charge in [0.25, 0.3) is 0 Å². The molecule has 0 saturated carbocycles. The predicted molar refractivity (Wildman–Crippen MR) is 62.4 cm³/mol. The standard InChI is InChI=1S/C12H13NO3/c1-7-4-11(14)13-12-9(7)5-8(15-2)6-10(12)16-3/h4-6H,1-3H3,(H,13,14). The van der Waals surface area contributed by atoms with Gasteiger partial charge in [0.2, 0.25) is 5.56 Å². The largest absolute Gasteiger partial charge is 0.497 e. The third kappa shape index (κ3) is 1.62. The lowest BCUT2D eigenvalue weighted by atomic mass is 10.1. The van der Waals surface area contributed by atoms with Gasteiger partial charge < -0.3 is 14.5 Å². The molecule has 4 nitrogen and oxygen atoms in total. The molecule has 1 N–H and O–H groups in total. The molecule has 1 aromatic heterocycles. The Bertz CT molecular complexity index is 587. The second-order valence-electron chi connectivity index (χ2n) is 3.57. The van der Waals surface area contributed by atoms with Crippen LogP contribution in [0.5, 0.6) is 11.5 Å². The SMILES string of the molecule is COc1cc(OC)c2[nH]c(=O)cc(C)c2c1. The van der Waals surface area contributed by atoms with Crippen LogP contribution in [0.1, 0.15) is 5.56 Å². The fourth-order valence-electron chi connectivity index (χ4n) is 1.74. The molecule has 0 saturated heterocycles. The number of hydrogen-bond acceptors (Lipinski definition) is 3. The summed E-state index contributed by atoms with van der Waals surface area (Å²) in [5.74, 6) is 1.31. The molecule has 0 unspecified atom stereocenters. The lowest BCUT2D eigenvalue weighted by molar-refractivity contribution is 0.397. The van der Waals surface area contributed by atoms with Gasteiger partial charge in [0.15, 0.2) is 0 Å². The van der Waals surface area contributed by atoms with Gasteiger partial charge >= 0.3 is 0 Å². The quantitative estimate of drug-likeness (QED) is 0.838. The Labute approximate surface area is 92.8 Å². The Morgan fingerprint density at radius 2 is 1.88 bits per heavy atom. The van der Waals surface area contributed by atoms with Crippen LogP contribution >= 0.6 is 0 Å². The highest BCUT2D eigenvalue weighted by Crippen LogP contribution is 2.30. The molecule has 0 radical (unpaired) electrons. The molecule has 2 aromatic rings. The molecule has 84 valence electrons. The van der Waals surface area contributed by atoms with Gasteiger partial charge in [-0.05, 0) is 18.6 Å². The lowest BCUT2D eigenvalue weighted by Crippen LogP contribution is -2.06. The number of aromatic nitrogens is 1. The summed E-state index contributed by atoms with van der Waals surface area (Å²) in [5.41, 5.74) is 1.47. The Morgan fingerprint density at radius 1 is 1.12 bits per heavy atom. The number of fused-ring (bicyclic) bond motifs is 1. The maximum atomic E-state index is 11.4. The molecule has 0 fully saturated rings. The van der Waals surface area contributed by atoms with E-state index in [9.17, 15) is 4.79 Å². The molecule has 16 heavy (non-hydrogen) atoms. The summed E-state index contributed by atoms with van der Waals surface area (Å²) in [6, 6.07) is 5.18. The molecule has 2 rings (SSSR count). The summed E-state index contributed by atoms with van der Waals surface area (Å²) >= 11 is 0. The van der Waals surface area contributed by atoms with Gasteiger partial charge in [-0.2, -0.15) is 0 Å². The fourth-order valence-corrected chi connectivity index (χ4v) is 1.74. The second-order valence-corrected chi connectivity index (χ2v) is 3.57. The summed E-state index contributed by atoms with van der Waals surface area (Å²) in [7, 11) is 3.16. The molecule has 0 atom stereocenters. The van der Waals surface area contributed by atoms with E-state index in [0.717, 1.165) is 10.9 Å². The third-order valence-electron chi connectivity index (χ3n) is 2.55. The first kappa shape index (κ1) is 10.5. The first-order valence-corrected chi connectivity index (χ1v) is 4.91. The molecule has 1 aromatic carbocycles. The topological polar surface area (TPSA) is 51.3 Å². The summed E-state index contributed by atoms with van der Waals surface area (Å²) in [4.78, 5) is 14.1. The Morgan fingerprint density at radius 3 is 2.50 bits per heavy atom. The number of rotatable bonds is 2. The van der Waals surface area contributed by atoms with Gasteiger partial charge in [0.05, 0.1) is 19.7 Å². The number of methoxy groups -OCH3 is 2. The first-order chi connectivity index (χ1) is 7.65. The monoisotopic (exact) mass is 219 g/mol. The molecule has 4 heteroatoms. The fraction of sp³-hybridized carbons (Fsp3) is 0.250. The van der Waals surface area contributed by atoms with Crippen LogP contribution in [0.15, 0.2) is 23.0 Å². The van der Waals surface area contributed by atoms with E-state index in [4.69, 9.17) is 9.47 Å². The van der Waals surface area contributed by atoms with Crippen molar-refractivity contribution < 1.29 is 9.47 Å². The van der Waals surface area contributed by atoms with E-state index in [0.29, 0.717) is 17.0 Å². The minimum absolute atomic E-state index is 0.131. The van der Waals surface area contributed by atoms with Crippen molar-refractivity contribution in [3.8, 4) is 11.5 Å². The lowest BCUT2D eigenvalue weighted by Gasteiger charge is -2.09. The first-order valence-electron chi connectivity index (χ1n) is 4.91. The van der Waals surface area contributed by atoms with E-state index >= 15 is 0 Å². The zero-order chi connectivity index (χ0) is 11.7. The highest BCUT2D eigenvalue weighted by Gasteiger charge is 2.08. The molecule has 0 spiro atoms. The predicted octanol–water partition coefficient (Wildman–Crippen LogP) is 1.85. The normalized spacial score (nSPS) is 10.4. The number of H-pyrrole nitrogens is 1. The van der Waals surface area contributed by atoms with Crippen LogP contribution in [0.3, 0.4) is 0 Å². The Hall–Kier alpha value is -1.97. The van der Waals surface area contributed by atoms with Crippen molar-refractivity contribution in [2.75, 3.05) is 14.2 Å². The molecular weight excluding hydrogens is 206 g/mol. The molecule has 0 bridgehead atoms. The van der Waals surface area contributed by atoms with Crippen LogP contribution in [0.25, 0.3) is 10.9 Å². The van der Waals surface area contributed by atoms with E-state index in [-0.39, 0.29) is 5.56 Å². The maximum Gasteiger partial charge on any atom is 0.248 e. The smallest absolute Gasteiger partial charge is 0.248 e. The number of benzene rings is 1. The van der Waals surface area contributed by atoms with Gasteiger partial charge in [-0.1, -0.05) is 0 Å². The van der Waals surface area contributed by atoms with Gasteiger partial charge in [0.1, 0.15) is 11.5 Å². The molecule has 0 amide bonds. The van der Waals surface area contributed by atoms with Crippen LogP contribution in [-0.4, -0.2) is 19.2 Å². The van der Waals surface area contributed by atoms with Crippen LogP contribution in [0.2, 0.25) is 0 Å². The molecule has 0 aliphatic rings. The van der Waals surface area contributed by atoms with E-state index in [1.165, 1.54) is 0 Å². The maximum absolute atomic E-state index is 11.4. The summed E-state index contributed by atoms with van der Waals surface area (Å²) < 4.78 is 10.4. The summed E-state index contributed by atoms with van der Waals surface area (Å²) in [6.45, 7) is 1.89. The number of aryl methyl sites for hydroxylation is 1. The van der Waals surface area contributed by atoms with Crippen molar-refractivity contribution in [3.63, 3.8) is 0 Å². The zero-order valence-electron chi connectivity index (χ0n) is 9.46. The van der Waals surface area contributed by atoms with Gasteiger partial charge in [0, 0.05) is 17.5 Å². The van der Waals surface area contributed by atoms with Crippen molar-refractivity contribution in [1.29, 1.82) is 0 Å². The van der Waals surface area contributed by atoms with Crippen LogP contribution < -0.4 is 15.0 Å². The zero-order valence-corrected chi connectivity index (χ0v) is 9.46. The highest BCUT2D eigenvalue weighted by molar-refractivity contribution is 5.88. The molecule has 0 aliphatic carbocycles. The number of hydrogen-bond donors (Lipinski definition) is 1. The van der Waals surface area contributed by atoms with E-state index in [1.807, 2.05) is 13.0 Å². The van der Waals surface area contributed by atoms with E-state index < -0.39 is 0 Å². The molecule has 0 aliphatic heterocycles. The van der Waals surface area contributed by atoms with Gasteiger partial charge in [-0.3, -0.25) is 4.79 Å². The van der Waals surface area contributed by atoms with Crippen LogP contribution in [0.4, 0.5) is 0 Å². The molecular formula is C12H13NO3.